The number of likely N-dealkylation sites (N-methyl/N-ethyl adjacent to an activating group) is 1. The number of nitrogens with zero attached hydrogens (tertiary/aromatic N) is 2. The Morgan fingerprint density at radius 1 is 1.12 bits per heavy atom. The third-order valence-corrected chi connectivity index (χ3v) is 5.39. The van der Waals surface area contributed by atoms with Crippen molar-refractivity contribution in [2.24, 2.45) is 4.99 Å². The molecule has 1 heterocycles. The lowest BCUT2D eigenvalue weighted by molar-refractivity contribution is -0.127. The molecule has 3 aliphatic rings. The van der Waals surface area contributed by atoms with Gasteiger partial charge in [-0.15, -0.1) is 24.0 Å². The lowest BCUT2D eigenvalue weighted by Gasteiger charge is -2.44. The lowest BCUT2D eigenvalue weighted by Crippen LogP contribution is -2.52. The van der Waals surface area contributed by atoms with Crippen molar-refractivity contribution in [3.63, 3.8) is 0 Å². The van der Waals surface area contributed by atoms with Gasteiger partial charge in [-0.05, 0) is 38.5 Å². The summed E-state index contributed by atoms with van der Waals surface area (Å²) in [6, 6.07) is 0.908. The Morgan fingerprint density at radius 2 is 1.80 bits per heavy atom. The molecule has 1 saturated heterocycles. The van der Waals surface area contributed by atoms with Gasteiger partial charge in [0.2, 0.25) is 5.91 Å². The summed E-state index contributed by atoms with van der Waals surface area (Å²) in [7, 11) is 3.54. The molecule has 144 valence electrons. The normalized spacial score (nSPS) is 25.8. The van der Waals surface area contributed by atoms with Crippen LogP contribution in [0.4, 0.5) is 0 Å². The van der Waals surface area contributed by atoms with Gasteiger partial charge in [0.1, 0.15) is 6.54 Å². The standard InChI is InChI=1S/C18H32N4O2.HI/c1-22(2)16(23)13-19-17(20-14-6-7-14)21-15-8-11-24-18(12-15)9-4-3-5-10-18;/h14-15H,3-13H2,1-2H3,(H2,19,20,21);1H. The molecule has 0 aromatic heterocycles. The predicted molar refractivity (Wildman–Crippen MR) is 110 cm³/mol. The van der Waals surface area contributed by atoms with Crippen LogP contribution in [-0.4, -0.2) is 61.7 Å². The van der Waals surface area contributed by atoms with E-state index in [1.807, 2.05) is 0 Å². The Bertz CT molecular complexity index is 468. The average molecular weight is 464 g/mol. The van der Waals surface area contributed by atoms with E-state index < -0.39 is 0 Å². The minimum atomic E-state index is 0. The van der Waals surface area contributed by atoms with E-state index in [2.05, 4.69) is 15.6 Å². The van der Waals surface area contributed by atoms with Crippen molar-refractivity contribution in [2.45, 2.75) is 75.5 Å². The Balaban J connectivity index is 0.00000225. The molecule has 1 aliphatic heterocycles. The second kappa shape index (κ2) is 9.39. The van der Waals surface area contributed by atoms with Crippen LogP contribution in [0.15, 0.2) is 4.99 Å². The van der Waals surface area contributed by atoms with Gasteiger partial charge in [-0.3, -0.25) is 4.79 Å². The fraction of sp³-hybridized carbons (Fsp3) is 0.889. The first-order valence-electron chi connectivity index (χ1n) is 9.48. The van der Waals surface area contributed by atoms with Crippen LogP contribution in [0.5, 0.6) is 0 Å². The van der Waals surface area contributed by atoms with Crippen LogP contribution in [-0.2, 0) is 9.53 Å². The SMILES string of the molecule is CN(C)C(=O)CN=C(NC1CC1)NC1CCOC2(CCCCC2)C1.I. The molecular formula is C18H33IN4O2. The number of carbonyl (C=O) groups excluding carboxylic acids is 1. The van der Waals surface area contributed by atoms with Crippen molar-refractivity contribution < 1.29 is 9.53 Å². The summed E-state index contributed by atoms with van der Waals surface area (Å²) in [5.41, 5.74) is 0.0817. The van der Waals surface area contributed by atoms with Crippen LogP contribution >= 0.6 is 24.0 Å². The maximum Gasteiger partial charge on any atom is 0.243 e. The molecule has 0 aromatic rings. The second-order valence-electron chi connectivity index (χ2n) is 7.80. The Labute approximate surface area is 168 Å². The molecule has 1 atom stereocenters. The van der Waals surface area contributed by atoms with E-state index in [4.69, 9.17) is 4.74 Å². The van der Waals surface area contributed by atoms with Gasteiger partial charge in [0.25, 0.3) is 0 Å². The van der Waals surface area contributed by atoms with E-state index >= 15 is 0 Å². The lowest BCUT2D eigenvalue weighted by atomic mass is 9.78. The summed E-state index contributed by atoms with van der Waals surface area (Å²) < 4.78 is 6.18. The van der Waals surface area contributed by atoms with Crippen molar-refractivity contribution in [3.05, 3.63) is 0 Å². The van der Waals surface area contributed by atoms with Crippen LogP contribution in [0.1, 0.15) is 57.8 Å². The first kappa shape index (κ1) is 20.7. The molecule has 3 fully saturated rings. The average Bonchev–Trinajstić information content (AvgIpc) is 3.37. The second-order valence-corrected chi connectivity index (χ2v) is 7.80. The Kier molecular flexibility index (Phi) is 7.79. The van der Waals surface area contributed by atoms with Crippen molar-refractivity contribution in [3.8, 4) is 0 Å². The molecule has 6 nitrogen and oxygen atoms in total. The highest BCUT2D eigenvalue weighted by Gasteiger charge is 2.39. The Hall–Kier alpha value is -0.570. The Morgan fingerprint density at radius 3 is 2.44 bits per heavy atom. The first-order chi connectivity index (χ1) is 11.6. The van der Waals surface area contributed by atoms with Gasteiger partial charge in [0, 0.05) is 32.8 Å². The molecule has 2 N–H and O–H groups in total. The van der Waals surface area contributed by atoms with E-state index in [0.717, 1.165) is 25.4 Å². The predicted octanol–water partition coefficient (Wildman–Crippen LogP) is 2.27. The van der Waals surface area contributed by atoms with Gasteiger partial charge < -0.3 is 20.3 Å². The fourth-order valence-corrected chi connectivity index (χ4v) is 3.73. The van der Waals surface area contributed by atoms with Crippen LogP contribution in [0, 0.1) is 0 Å². The number of nitrogens with one attached hydrogen (secondary N) is 2. The molecule has 25 heavy (non-hydrogen) atoms. The number of ether oxygens (including phenoxy) is 1. The number of guanidine groups is 1. The summed E-state index contributed by atoms with van der Waals surface area (Å²) in [6.45, 7) is 1.02. The van der Waals surface area contributed by atoms with Gasteiger partial charge >= 0.3 is 0 Å². The van der Waals surface area contributed by atoms with Gasteiger partial charge in [0.15, 0.2) is 5.96 Å². The van der Waals surface area contributed by atoms with E-state index in [0.29, 0.717) is 12.1 Å². The van der Waals surface area contributed by atoms with Crippen molar-refractivity contribution in [1.82, 2.24) is 15.5 Å². The molecule has 1 spiro atoms. The zero-order chi connectivity index (χ0) is 17.0. The first-order valence-corrected chi connectivity index (χ1v) is 9.48. The summed E-state index contributed by atoms with van der Waals surface area (Å²) in [4.78, 5) is 17.9. The molecule has 7 heteroatoms. The van der Waals surface area contributed by atoms with E-state index in [9.17, 15) is 4.79 Å². The van der Waals surface area contributed by atoms with Crippen LogP contribution < -0.4 is 10.6 Å². The minimum absolute atomic E-state index is 0. The van der Waals surface area contributed by atoms with Crippen LogP contribution in [0.3, 0.4) is 0 Å². The largest absolute Gasteiger partial charge is 0.375 e. The third-order valence-electron chi connectivity index (χ3n) is 5.39. The maximum absolute atomic E-state index is 11.8. The van der Waals surface area contributed by atoms with Crippen LogP contribution in [0.25, 0.3) is 0 Å². The van der Waals surface area contributed by atoms with Crippen LogP contribution in [0.2, 0.25) is 0 Å². The number of halogens is 1. The topological polar surface area (TPSA) is 66.0 Å². The van der Waals surface area contributed by atoms with Gasteiger partial charge in [-0.25, -0.2) is 4.99 Å². The maximum atomic E-state index is 11.8. The van der Waals surface area contributed by atoms with E-state index in [1.165, 1.54) is 44.9 Å². The fourth-order valence-electron chi connectivity index (χ4n) is 3.73. The zero-order valence-electron chi connectivity index (χ0n) is 15.6. The summed E-state index contributed by atoms with van der Waals surface area (Å²) in [5, 5.41) is 7.03. The minimum Gasteiger partial charge on any atom is -0.375 e. The third kappa shape index (κ3) is 6.27. The molecule has 3 rings (SSSR count). The van der Waals surface area contributed by atoms with Crippen molar-refractivity contribution in [1.29, 1.82) is 0 Å². The number of rotatable bonds is 4. The molecular weight excluding hydrogens is 431 g/mol. The summed E-state index contributed by atoms with van der Waals surface area (Å²) in [5.74, 6) is 0.827. The van der Waals surface area contributed by atoms with E-state index in [1.54, 1.807) is 19.0 Å². The molecule has 2 saturated carbocycles. The summed E-state index contributed by atoms with van der Waals surface area (Å²) in [6.07, 6.45) is 10.7. The van der Waals surface area contributed by atoms with Gasteiger partial charge in [-0.1, -0.05) is 19.3 Å². The highest BCUT2D eigenvalue weighted by molar-refractivity contribution is 14.0. The van der Waals surface area contributed by atoms with Crippen molar-refractivity contribution in [2.75, 3.05) is 27.2 Å². The number of amides is 1. The molecule has 1 amide bonds. The smallest absolute Gasteiger partial charge is 0.243 e. The molecule has 1 unspecified atom stereocenters. The number of hydrogen-bond donors (Lipinski definition) is 2. The number of carbonyl (C=O) groups is 1. The molecule has 2 aliphatic carbocycles. The molecule has 0 aromatic carbocycles. The molecule has 0 bridgehead atoms. The number of aliphatic imine (C=N–C) groups is 1. The quantitative estimate of drug-likeness (QED) is 0.381. The van der Waals surface area contributed by atoms with Gasteiger partial charge in [0.05, 0.1) is 5.60 Å². The van der Waals surface area contributed by atoms with Crippen molar-refractivity contribution >= 4 is 35.8 Å². The summed E-state index contributed by atoms with van der Waals surface area (Å²) >= 11 is 0. The van der Waals surface area contributed by atoms with Gasteiger partial charge in [-0.2, -0.15) is 0 Å². The zero-order valence-corrected chi connectivity index (χ0v) is 17.9. The molecule has 0 radical (unpaired) electrons. The highest BCUT2D eigenvalue weighted by atomic mass is 127. The highest BCUT2D eigenvalue weighted by Crippen LogP contribution is 2.38. The van der Waals surface area contributed by atoms with E-state index in [-0.39, 0.29) is 42.0 Å². The number of hydrogen-bond acceptors (Lipinski definition) is 3. The monoisotopic (exact) mass is 464 g/mol.